The number of hydrogen-bond acceptors (Lipinski definition) is 2. The minimum absolute atomic E-state index is 0.0681. The van der Waals surface area contributed by atoms with Gasteiger partial charge in [-0.2, -0.15) is 0 Å². The van der Waals surface area contributed by atoms with Crippen LogP contribution in [0.1, 0.15) is 31.7 Å². The van der Waals surface area contributed by atoms with E-state index in [1.54, 1.807) is 17.0 Å². The Morgan fingerprint density at radius 2 is 1.67 bits per heavy atom. The molecule has 1 aliphatic heterocycles. The van der Waals surface area contributed by atoms with Crippen LogP contribution in [0.25, 0.3) is 0 Å². The highest BCUT2D eigenvalue weighted by Gasteiger charge is 2.48. The van der Waals surface area contributed by atoms with Crippen LogP contribution in [0.15, 0.2) is 24.3 Å². The number of benzene rings is 1. The first-order valence-electron chi connectivity index (χ1n) is 8.65. The van der Waals surface area contributed by atoms with Crippen molar-refractivity contribution >= 4 is 11.9 Å². The lowest BCUT2D eigenvalue weighted by Crippen LogP contribution is -2.58. The van der Waals surface area contributed by atoms with Crippen molar-refractivity contribution in [1.29, 1.82) is 0 Å². The molecule has 0 bridgehead atoms. The SMILES string of the molecule is CCNC(=O)N1CCN(C(=O)C2(c3ccc(F)cc3)CCC2)CC1. The molecule has 1 aromatic rings. The minimum Gasteiger partial charge on any atom is -0.338 e. The van der Waals surface area contributed by atoms with Gasteiger partial charge in [-0.05, 0) is 37.5 Å². The fourth-order valence-corrected chi connectivity index (χ4v) is 3.60. The van der Waals surface area contributed by atoms with Crippen molar-refractivity contribution < 1.29 is 14.0 Å². The van der Waals surface area contributed by atoms with Gasteiger partial charge in [0.15, 0.2) is 0 Å². The summed E-state index contributed by atoms with van der Waals surface area (Å²) in [4.78, 5) is 28.6. The van der Waals surface area contributed by atoms with Crippen molar-refractivity contribution in [2.24, 2.45) is 0 Å². The third kappa shape index (κ3) is 2.97. The van der Waals surface area contributed by atoms with Gasteiger partial charge in [0.05, 0.1) is 5.41 Å². The fourth-order valence-electron chi connectivity index (χ4n) is 3.60. The van der Waals surface area contributed by atoms with Crippen LogP contribution in [-0.2, 0) is 10.2 Å². The number of urea groups is 1. The van der Waals surface area contributed by atoms with E-state index in [9.17, 15) is 14.0 Å². The summed E-state index contributed by atoms with van der Waals surface area (Å²) in [5.41, 5.74) is 0.410. The maximum absolute atomic E-state index is 13.2. The number of rotatable bonds is 3. The molecular formula is C18H24FN3O2. The second-order valence-electron chi connectivity index (χ2n) is 6.56. The van der Waals surface area contributed by atoms with E-state index in [0.29, 0.717) is 32.7 Å². The van der Waals surface area contributed by atoms with Crippen LogP contribution in [-0.4, -0.2) is 54.5 Å². The highest BCUT2D eigenvalue weighted by atomic mass is 19.1. The summed E-state index contributed by atoms with van der Waals surface area (Å²) in [6, 6.07) is 6.25. The Labute approximate surface area is 141 Å². The van der Waals surface area contributed by atoms with Gasteiger partial charge < -0.3 is 15.1 Å². The standard InChI is InChI=1S/C18H24FN3O2/c1-2-20-17(24)22-12-10-21(11-13-22)16(23)18(8-3-9-18)14-4-6-15(19)7-5-14/h4-7H,2-3,8-13H2,1H3,(H,20,24). The van der Waals surface area contributed by atoms with E-state index < -0.39 is 5.41 Å². The van der Waals surface area contributed by atoms with E-state index in [2.05, 4.69) is 5.32 Å². The summed E-state index contributed by atoms with van der Waals surface area (Å²) in [6.45, 7) is 4.71. The Morgan fingerprint density at radius 1 is 1.08 bits per heavy atom. The molecule has 1 aliphatic carbocycles. The highest BCUT2D eigenvalue weighted by molar-refractivity contribution is 5.89. The molecule has 6 heteroatoms. The molecule has 1 saturated heterocycles. The molecule has 2 fully saturated rings. The van der Waals surface area contributed by atoms with Gasteiger partial charge in [-0.15, -0.1) is 0 Å². The molecular weight excluding hydrogens is 309 g/mol. The second kappa shape index (κ2) is 6.79. The molecule has 5 nitrogen and oxygen atoms in total. The summed E-state index contributed by atoms with van der Waals surface area (Å²) >= 11 is 0. The van der Waals surface area contributed by atoms with Gasteiger partial charge in [0.2, 0.25) is 5.91 Å². The van der Waals surface area contributed by atoms with Crippen LogP contribution in [0.5, 0.6) is 0 Å². The third-order valence-corrected chi connectivity index (χ3v) is 5.20. The van der Waals surface area contributed by atoms with Gasteiger partial charge in [0, 0.05) is 32.7 Å². The van der Waals surface area contributed by atoms with Crippen molar-refractivity contribution in [3.05, 3.63) is 35.6 Å². The quantitative estimate of drug-likeness (QED) is 0.921. The average Bonchev–Trinajstić information content (AvgIpc) is 2.56. The number of hydrogen-bond donors (Lipinski definition) is 1. The summed E-state index contributed by atoms with van der Waals surface area (Å²) in [5, 5.41) is 2.79. The van der Waals surface area contributed by atoms with Crippen molar-refractivity contribution in [2.45, 2.75) is 31.6 Å². The number of carbonyl (C=O) groups excluding carboxylic acids is 2. The zero-order chi connectivity index (χ0) is 17.2. The Kier molecular flexibility index (Phi) is 4.73. The van der Waals surface area contributed by atoms with E-state index >= 15 is 0 Å². The summed E-state index contributed by atoms with van der Waals surface area (Å²) in [5.74, 6) is -0.160. The van der Waals surface area contributed by atoms with Gasteiger partial charge in [0.25, 0.3) is 0 Å². The van der Waals surface area contributed by atoms with Gasteiger partial charge in [-0.1, -0.05) is 18.6 Å². The predicted octanol–water partition coefficient (Wildman–Crippen LogP) is 2.12. The largest absolute Gasteiger partial charge is 0.338 e. The van der Waals surface area contributed by atoms with E-state index in [1.807, 2.05) is 11.8 Å². The minimum atomic E-state index is -0.498. The van der Waals surface area contributed by atoms with Crippen molar-refractivity contribution in [3.63, 3.8) is 0 Å². The molecule has 2 aliphatic rings. The molecule has 1 N–H and O–H groups in total. The Balaban J connectivity index is 1.68. The van der Waals surface area contributed by atoms with Crippen molar-refractivity contribution in [3.8, 4) is 0 Å². The van der Waals surface area contributed by atoms with Crippen LogP contribution < -0.4 is 5.32 Å². The zero-order valence-electron chi connectivity index (χ0n) is 14.1. The smallest absolute Gasteiger partial charge is 0.317 e. The molecule has 0 aromatic heterocycles. The first kappa shape index (κ1) is 16.7. The normalized spacial score (nSPS) is 19.6. The number of amides is 3. The summed E-state index contributed by atoms with van der Waals surface area (Å²) < 4.78 is 13.2. The fraction of sp³-hybridized carbons (Fsp3) is 0.556. The van der Waals surface area contributed by atoms with Gasteiger partial charge in [0.1, 0.15) is 5.82 Å². The lowest BCUT2D eigenvalue weighted by molar-refractivity contribution is -0.142. The Hall–Kier alpha value is -2.11. The number of carbonyl (C=O) groups is 2. The topological polar surface area (TPSA) is 52.7 Å². The molecule has 1 saturated carbocycles. The number of nitrogens with one attached hydrogen (secondary N) is 1. The van der Waals surface area contributed by atoms with Gasteiger partial charge in [-0.25, -0.2) is 9.18 Å². The van der Waals surface area contributed by atoms with Crippen LogP contribution in [0, 0.1) is 5.82 Å². The van der Waals surface area contributed by atoms with Crippen molar-refractivity contribution in [1.82, 2.24) is 15.1 Å². The molecule has 0 unspecified atom stereocenters. The first-order chi connectivity index (χ1) is 11.6. The predicted molar refractivity (Wildman–Crippen MR) is 89.2 cm³/mol. The molecule has 3 rings (SSSR count). The van der Waals surface area contributed by atoms with E-state index in [0.717, 1.165) is 24.8 Å². The molecule has 0 atom stereocenters. The van der Waals surface area contributed by atoms with Crippen LogP contribution >= 0.6 is 0 Å². The zero-order valence-corrected chi connectivity index (χ0v) is 14.1. The van der Waals surface area contributed by atoms with Crippen LogP contribution in [0.3, 0.4) is 0 Å². The van der Waals surface area contributed by atoms with Crippen LogP contribution in [0.2, 0.25) is 0 Å². The maximum Gasteiger partial charge on any atom is 0.317 e. The van der Waals surface area contributed by atoms with E-state index in [4.69, 9.17) is 0 Å². The van der Waals surface area contributed by atoms with E-state index in [1.165, 1.54) is 12.1 Å². The monoisotopic (exact) mass is 333 g/mol. The lowest BCUT2D eigenvalue weighted by atomic mass is 9.63. The number of halogens is 1. The molecule has 1 aromatic carbocycles. The third-order valence-electron chi connectivity index (χ3n) is 5.20. The second-order valence-corrected chi connectivity index (χ2v) is 6.56. The average molecular weight is 333 g/mol. The van der Waals surface area contributed by atoms with Crippen molar-refractivity contribution in [2.75, 3.05) is 32.7 Å². The number of piperazine rings is 1. The molecule has 1 heterocycles. The highest BCUT2D eigenvalue weighted by Crippen LogP contribution is 2.45. The lowest BCUT2D eigenvalue weighted by Gasteiger charge is -2.46. The first-order valence-corrected chi connectivity index (χ1v) is 8.65. The molecule has 3 amide bonds. The molecule has 24 heavy (non-hydrogen) atoms. The molecule has 130 valence electrons. The van der Waals surface area contributed by atoms with Gasteiger partial charge in [-0.3, -0.25) is 4.79 Å². The summed E-state index contributed by atoms with van der Waals surface area (Å²) in [6.07, 6.45) is 2.64. The Bertz CT molecular complexity index is 605. The molecule has 0 radical (unpaired) electrons. The van der Waals surface area contributed by atoms with Gasteiger partial charge >= 0.3 is 6.03 Å². The van der Waals surface area contributed by atoms with Crippen LogP contribution in [0.4, 0.5) is 9.18 Å². The van der Waals surface area contributed by atoms with E-state index in [-0.39, 0.29) is 17.8 Å². The maximum atomic E-state index is 13.2. The number of nitrogens with zero attached hydrogens (tertiary/aromatic N) is 2. The molecule has 0 spiro atoms. The Morgan fingerprint density at radius 3 is 2.17 bits per heavy atom. The summed E-state index contributed by atoms with van der Waals surface area (Å²) in [7, 11) is 0.